The summed E-state index contributed by atoms with van der Waals surface area (Å²) in [6.07, 6.45) is 0.460. The minimum atomic E-state index is -0.559. The van der Waals surface area contributed by atoms with Crippen LogP contribution < -0.4 is 0 Å². The van der Waals surface area contributed by atoms with Gasteiger partial charge in [0.05, 0.1) is 15.0 Å². The van der Waals surface area contributed by atoms with Gasteiger partial charge in [0.1, 0.15) is 5.56 Å². The molecule has 0 aliphatic rings. The molecular weight excluding hydrogens is 309 g/mol. The van der Waals surface area contributed by atoms with Gasteiger partial charge < -0.3 is 0 Å². The van der Waals surface area contributed by atoms with Crippen LogP contribution in [-0.2, 0) is 4.79 Å². The topological polar surface area (TPSA) is 60.2 Å². The summed E-state index contributed by atoms with van der Waals surface area (Å²) in [5, 5.41) is 11.2. The Hall–Kier alpha value is -1.22. The SMILES string of the molecule is CC(=O)SCCC#Cc1cc(Cl)c(Cl)cc1[N+](=O)[O-]. The van der Waals surface area contributed by atoms with Crippen molar-refractivity contribution in [2.24, 2.45) is 0 Å². The second kappa shape index (κ2) is 7.39. The number of carbonyl (C=O) groups excluding carboxylic acids is 1. The molecule has 4 nitrogen and oxygen atoms in total. The van der Waals surface area contributed by atoms with Crippen molar-refractivity contribution in [3.8, 4) is 11.8 Å². The summed E-state index contributed by atoms with van der Waals surface area (Å²) in [6.45, 7) is 1.47. The molecule has 0 radical (unpaired) electrons. The summed E-state index contributed by atoms with van der Waals surface area (Å²) in [4.78, 5) is 21.0. The molecule has 1 aromatic carbocycles. The standard InChI is InChI=1S/C12H9Cl2NO3S/c1-8(16)19-5-3-2-4-9-6-10(13)11(14)7-12(9)15(17)18/h6-7H,3,5H2,1H3. The average molecular weight is 318 g/mol. The van der Waals surface area contributed by atoms with Crippen LogP contribution in [0, 0.1) is 22.0 Å². The lowest BCUT2D eigenvalue weighted by Crippen LogP contribution is -1.92. The highest BCUT2D eigenvalue weighted by Gasteiger charge is 2.15. The Morgan fingerprint density at radius 2 is 2.05 bits per heavy atom. The van der Waals surface area contributed by atoms with Crippen molar-refractivity contribution >= 4 is 45.8 Å². The van der Waals surface area contributed by atoms with Crippen molar-refractivity contribution in [1.82, 2.24) is 0 Å². The molecule has 0 saturated heterocycles. The van der Waals surface area contributed by atoms with E-state index < -0.39 is 4.92 Å². The Kier molecular flexibility index (Phi) is 6.16. The van der Waals surface area contributed by atoms with E-state index in [4.69, 9.17) is 23.2 Å². The predicted molar refractivity (Wildman–Crippen MR) is 77.8 cm³/mol. The van der Waals surface area contributed by atoms with Gasteiger partial charge in [-0.1, -0.05) is 46.8 Å². The fourth-order valence-corrected chi connectivity index (χ4v) is 2.00. The maximum atomic E-state index is 10.9. The number of nitro benzene ring substituents is 1. The minimum Gasteiger partial charge on any atom is -0.288 e. The molecule has 100 valence electrons. The summed E-state index contributed by atoms with van der Waals surface area (Å²) >= 11 is 12.7. The van der Waals surface area contributed by atoms with E-state index in [1.54, 1.807) is 0 Å². The molecule has 19 heavy (non-hydrogen) atoms. The number of benzene rings is 1. The lowest BCUT2D eigenvalue weighted by molar-refractivity contribution is -0.385. The molecule has 0 unspecified atom stereocenters. The van der Waals surface area contributed by atoms with Crippen LogP contribution in [0.5, 0.6) is 0 Å². The Labute approximate surface area is 124 Å². The van der Waals surface area contributed by atoms with E-state index in [0.29, 0.717) is 12.2 Å². The lowest BCUT2D eigenvalue weighted by Gasteiger charge is -1.99. The second-order valence-corrected chi connectivity index (χ2v) is 5.52. The van der Waals surface area contributed by atoms with Crippen molar-refractivity contribution in [3.05, 3.63) is 37.9 Å². The Balaban J connectivity index is 2.88. The second-order valence-electron chi connectivity index (χ2n) is 3.43. The molecule has 0 amide bonds. The van der Waals surface area contributed by atoms with Crippen LogP contribution in [-0.4, -0.2) is 15.8 Å². The zero-order valence-electron chi connectivity index (χ0n) is 9.91. The van der Waals surface area contributed by atoms with Gasteiger partial charge in [0.2, 0.25) is 0 Å². The number of halogens is 2. The third-order valence-electron chi connectivity index (χ3n) is 1.99. The zero-order valence-corrected chi connectivity index (χ0v) is 12.2. The largest absolute Gasteiger partial charge is 0.288 e. The molecule has 0 N–H and O–H groups in total. The summed E-state index contributed by atoms with van der Waals surface area (Å²) in [5.41, 5.74) is 0.0355. The molecule has 0 spiro atoms. The molecule has 0 aliphatic carbocycles. The quantitative estimate of drug-likeness (QED) is 0.367. The summed E-state index contributed by atoms with van der Waals surface area (Å²) in [7, 11) is 0. The van der Waals surface area contributed by atoms with Crippen LogP contribution in [0.3, 0.4) is 0 Å². The Bertz CT molecular complexity index is 578. The van der Waals surface area contributed by atoms with Gasteiger partial charge in [-0.15, -0.1) is 0 Å². The first-order valence-corrected chi connectivity index (χ1v) is 6.91. The maximum Gasteiger partial charge on any atom is 0.286 e. The van der Waals surface area contributed by atoms with Crippen LogP contribution in [0.1, 0.15) is 18.9 Å². The average Bonchev–Trinajstić information content (AvgIpc) is 2.32. The van der Waals surface area contributed by atoms with Crippen molar-refractivity contribution < 1.29 is 9.72 Å². The Morgan fingerprint density at radius 1 is 1.42 bits per heavy atom. The van der Waals surface area contributed by atoms with E-state index in [2.05, 4.69) is 11.8 Å². The van der Waals surface area contributed by atoms with Gasteiger partial charge in [-0.3, -0.25) is 14.9 Å². The highest BCUT2D eigenvalue weighted by molar-refractivity contribution is 8.13. The molecule has 1 rings (SSSR count). The van der Waals surface area contributed by atoms with E-state index in [1.807, 2.05) is 0 Å². The van der Waals surface area contributed by atoms with Crippen molar-refractivity contribution in [2.75, 3.05) is 5.75 Å². The molecule has 0 aliphatic heterocycles. The number of rotatable bonds is 3. The maximum absolute atomic E-state index is 10.9. The van der Waals surface area contributed by atoms with Gasteiger partial charge in [-0.05, 0) is 6.07 Å². The van der Waals surface area contributed by atoms with Crippen LogP contribution in [0.15, 0.2) is 12.1 Å². The predicted octanol–water partition coefficient (Wildman–Crippen LogP) is 3.92. The van der Waals surface area contributed by atoms with Crippen molar-refractivity contribution in [1.29, 1.82) is 0 Å². The van der Waals surface area contributed by atoms with E-state index in [9.17, 15) is 14.9 Å². The van der Waals surface area contributed by atoms with Crippen LogP contribution in [0.4, 0.5) is 5.69 Å². The zero-order chi connectivity index (χ0) is 14.4. The number of thioether (sulfide) groups is 1. The third kappa shape index (κ3) is 5.11. The molecule has 0 heterocycles. The van der Waals surface area contributed by atoms with Crippen molar-refractivity contribution in [3.63, 3.8) is 0 Å². The smallest absolute Gasteiger partial charge is 0.286 e. The van der Waals surface area contributed by atoms with Gasteiger partial charge in [0, 0.05) is 25.2 Å². The first-order valence-electron chi connectivity index (χ1n) is 5.17. The van der Waals surface area contributed by atoms with Crippen LogP contribution in [0.2, 0.25) is 10.0 Å². The van der Waals surface area contributed by atoms with Crippen LogP contribution >= 0.6 is 35.0 Å². The molecule has 0 bridgehead atoms. The molecule has 0 fully saturated rings. The lowest BCUT2D eigenvalue weighted by atomic mass is 10.2. The van der Waals surface area contributed by atoms with Gasteiger partial charge in [-0.25, -0.2) is 0 Å². The summed E-state index contributed by atoms with van der Waals surface area (Å²) in [5.74, 6) is 6.00. The number of nitrogens with zero attached hydrogens (tertiary/aromatic N) is 1. The fraction of sp³-hybridized carbons (Fsp3) is 0.250. The molecule has 0 saturated carbocycles. The minimum absolute atomic E-state index is 0.0160. The van der Waals surface area contributed by atoms with Crippen molar-refractivity contribution in [2.45, 2.75) is 13.3 Å². The van der Waals surface area contributed by atoms with E-state index in [-0.39, 0.29) is 26.4 Å². The molecule has 0 atom stereocenters. The van der Waals surface area contributed by atoms with Gasteiger partial charge in [-0.2, -0.15) is 0 Å². The van der Waals surface area contributed by atoms with E-state index >= 15 is 0 Å². The highest BCUT2D eigenvalue weighted by Crippen LogP contribution is 2.29. The van der Waals surface area contributed by atoms with Crippen LogP contribution in [0.25, 0.3) is 0 Å². The Morgan fingerprint density at radius 3 is 2.63 bits per heavy atom. The fourth-order valence-electron chi connectivity index (χ4n) is 1.19. The first kappa shape index (κ1) is 15.8. The normalized spacial score (nSPS) is 9.63. The van der Waals surface area contributed by atoms with Gasteiger partial charge >= 0.3 is 0 Å². The number of carbonyl (C=O) groups is 1. The molecular formula is C12H9Cl2NO3S. The molecule has 1 aromatic rings. The molecule has 7 heteroatoms. The van der Waals surface area contributed by atoms with Gasteiger partial charge in [0.15, 0.2) is 5.12 Å². The van der Waals surface area contributed by atoms with E-state index in [0.717, 1.165) is 11.8 Å². The van der Waals surface area contributed by atoms with E-state index in [1.165, 1.54) is 19.1 Å². The first-order chi connectivity index (χ1) is 8.91. The monoisotopic (exact) mass is 317 g/mol. The number of hydrogen-bond acceptors (Lipinski definition) is 4. The number of hydrogen-bond donors (Lipinski definition) is 0. The summed E-state index contributed by atoms with van der Waals surface area (Å²) < 4.78 is 0. The van der Waals surface area contributed by atoms with Gasteiger partial charge in [0.25, 0.3) is 5.69 Å². The molecule has 0 aromatic heterocycles. The number of nitro groups is 1. The highest BCUT2D eigenvalue weighted by atomic mass is 35.5. The third-order valence-corrected chi connectivity index (χ3v) is 3.53. The summed E-state index contributed by atoms with van der Waals surface area (Å²) in [6, 6.07) is 2.55.